The predicted octanol–water partition coefficient (Wildman–Crippen LogP) is 2.98. The number of para-hydroxylation sites is 1. The lowest BCUT2D eigenvalue weighted by molar-refractivity contribution is 0.830. The quantitative estimate of drug-likeness (QED) is 0.594. The van der Waals surface area contributed by atoms with Crippen LogP contribution in [0.5, 0.6) is 0 Å². The van der Waals surface area contributed by atoms with E-state index in [1.807, 2.05) is 0 Å². The molecule has 0 atom stereocenters. The lowest BCUT2D eigenvalue weighted by atomic mass is 10.1. The Bertz CT molecular complexity index is 505. The summed E-state index contributed by atoms with van der Waals surface area (Å²) in [6.07, 6.45) is 3.87. The fourth-order valence-corrected chi connectivity index (χ4v) is 2.87. The van der Waals surface area contributed by atoms with Crippen molar-refractivity contribution < 1.29 is 0 Å². The minimum Gasteiger partial charge on any atom is -0.347 e. The summed E-state index contributed by atoms with van der Waals surface area (Å²) < 4.78 is 2.40. The first-order valence-corrected chi connectivity index (χ1v) is 5.35. The summed E-state index contributed by atoms with van der Waals surface area (Å²) in [5.74, 6) is 0. The Morgan fingerprint density at radius 1 is 1.21 bits per heavy atom. The van der Waals surface area contributed by atoms with Crippen molar-refractivity contribution in [3.8, 4) is 0 Å². The van der Waals surface area contributed by atoms with Gasteiger partial charge in [-0.05, 0) is 37.3 Å². The van der Waals surface area contributed by atoms with Crippen molar-refractivity contribution >= 4 is 10.9 Å². The highest BCUT2D eigenvalue weighted by molar-refractivity contribution is 5.88. The van der Waals surface area contributed by atoms with Gasteiger partial charge in [0, 0.05) is 18.1 Å². The Kier molecular flexibility index (Phi) is 1.52. The largest absolute Gasteiger partial charge is 0.347 e. The van der Waals surface area contributed by atoms with Crippen molar-refractivity contribution in [3.63, 3.8) is 0 Å². The maximum absolute atomic E-state index is 2.40. The molecule has 0 saturated heterocycles. The van der Waals surface area contributed by atoms with Crippen LogP contribution in [0.15, 0.2) is 18.2 Å². The first kappa shape index (κ1) is 8.10. The van der Waals surface area contributed by atoms with E-state index in [0.29, 0.717) is 0 Å². The Labute approximate surface area is 84.4 Å². The summed E-state index contributed by atoms with van der Waals surface area (Å²) in [7, 11) is 2.21. The third-order valence-electron chi connectivity index (χ3n) is 3.49. The topological polar surface area (TPSA) is 4.93 Å². The Hall–Kier alpha value is -1.24. The molecule has 1 heteroatoms. The summed E-state index contributed by atoms with van der Waals surface area (Å²) in [4.78, 5) is 0. The highest BCUT2D eigenvalue weighted by atomic mass is 15.0. The molecule has 2 aromatic rings. The molecule has 0 bridgehead atoms. The molecule has 1 aliphatic rings. The third kappa shape index (κ3) is 0.848. The average Bonchev–Trinajstić information content (AvgIpc) is 2.71. The fraction of sp³-hybridized carbons (Fsp3) is 0.385. The first-order chi connectivity index (χ1) is 6.79. The van der Waals surface area contributed by atoms with Crippen LogP contribution in [0.4, 0.5) is 0 Å². The number of aryl methyl sites for hydroxylation is 3. The molecule has 0 spiro atoms. The van der Waals surface area contributed by atoms with Crippen LogP contribution in [0.25, 0.3) is 10.9 Å². The van der Waals surface area contributed by atoms with Crippen LogP contribution in [0.1, 0.15) is 23.2 Å². The van der Waals surface area contributed by atoms with Crippen LogP contribution in [0.2, 0.25) is 0 Å². The number of rotatable bonds is 0. The molecule has 0 aliphatic heterocycles. The molecule has 0 fully saturated rings. The van der Waals surface area contributed by atoms with Crippen molar-refractivity contribution in [1.29, 1.82) is 0 Å². The van der Waals surface area contributed by atoms with E-state index in [-0.39, 0.29) is 0 Å². The van der Waals surface area contributed by atoms with E-state index in [9.17, 15) is 0 Å². The van der Waals surface area contributed by atoms with Gasteiger partial charge in [-0.3, -0.25) is 0 Å². The standard InChI is InChI=1S/C13H15N/c1-9-5-3-7-11-10-6-4-8-12(10)14(2)13(9)11/h3,5,7H,4,6,8H2,1-2H3. The summed E-state index contributed by atoms with van der Waals surface area (Å²) in [5, 5.41) is 1.49. The van der Waals surface area contributed by atoms with Crippen molar-refractivity contribution in [2.75, 3.05) is 0 Å². The van der Waals surface area contributed by atoms with Crippen molar-refractivity contribution in [2.45, 2.75) is 26.2 Å². The Morgan fingerprint density at radius 2 is 2.07 bits per heavy atom. The first-order valence-electron chi connectivity index (χ1n) is 5.35. The van der Waals surface area contributed by atoms with E-state index in [0.717, 1.165) is 0 Å². The second-order valence-electron chi connectivity index (χ2n) is 4.31. The normalized spacial score (nSPS) is 15.0. The van der Waals surface area contributed by atoms with Crippen molar-refractivity contribution in [2.24, 2.45) is 7.05 Å². The molecule has 14 heavy (non-hydrogen) atoms. The smallest absolute Gasteiger partial charge is 0.0512 e. The van der Waals surface area contributed by atoms with Gasteiger partial charge in [0.25, 0.3) is 0 Å². The maximum atomic E-state index is 2.40. The Balaban J connectivity index is 2.51. The second-order valence-corrected chi connectivity index (χ2v) is 4.31. The molecule has 0 saturated carbocycles. The van der Waals surface area contributed by atoms with E-state index in [4.69, 9.17) is 0 Å². The number of fused-ring (bicyclic) bond motifs is 3. The van der Waals surface area contributed by atoms with Gasteiger partial charge in [0.1, 0.15) is 0 Å². The molecular weight excluding hydrogens is 170 g/mol. The van der Waals surface area contributed by atoms with Gasteiger partial charge in [-0.15, -0.1) is 0 Å². The maximum Gasteiger partial charge on any atom is 0.0512 e. The van der Waals surface area contributed by atoms with Crippen LogP contribution >= 0.6 is 0 Å². The molecule has 1 heterocycles. The van der Waals surface area contributed by atoms with E-state index in [1.54, 1.807) is 11.3 Å². The van der Waals surface area contributed by atoms with Crippen LogP contribution in [-0.4, -0.2) is 4.57 Å². The summed E-state index contributed by atoms with van der Waals surface area (Å²) >= 11 is 0. The molecule has 1 aliphatic carbocycles. The van der Waals surface area contributed by atoms with E-state index in [2.05, 4.69) is 36.7 Å². The van der Waals surface area contributed by atoms with Crippen LogP contribution in [-0.2, 0) is 19.9 Å². The molecular formula is C13H15N. The van der Waals surface area contributed by atoms with Gasteiger partial charge >= 0.3 is 0 Å². The minimum absolute atomic E-state index is 1.26. The number of benzene rings is 1. The highest BCUT2D eigenvalue weighted by Gasteiger charge is 2.19. The average molecular weight is 185 g/mol. The molecule has 0 radical (unpaired) electrons. The van der Waals surface area contributed by atoms with Gasteiger partial charge < -0.3 is 4.57 Å². The summed E-state index contributed by atoms with van der Waals surface area (Å²) in [5.41, 5.74) is 6.01. The number of hydrogen-bond donors (Lipinski definition) is 0. The van der Waals surface area contributed by atoms with Crippen LogP contribution in [0.3, 0.4) is 0 Å². The van der Waals surface area contributed by atoms with Gasteiger partial charge in [0.2, 0.25) is 0 Å². The molecule has 0 N–H and O–H groups in total. The fourth-order valence-electron chi connectivity index (χ4n) is 2.87. The third-order valence-corrected chi connectivity index (χ3v) is 3.49. The monoisotopic (exact) mass is 185 g/mol. The molecule has 3 rings (SSSR count). The highest BCUT2D eigenvalue weighted by Crippen LogP contribution is 2.33. The van der Waals surface area contributed by atoms with E-state index >= 15 is 0 Å². The Morgan fingerprint density at radius 3 is 2.93 bits per heavy atom. The van der Waals surface area contributed by atoms with Gasteiger partial charge in [-0.25, -0.2) is 0 Å². The SMILES string of the molecule is Cc1cccc2c3c(n(C)c12)CCC3. The number of nitrogens with zero attached hydrogens (tertiary/aromatic N) is 1. The van der Waals surface area contributed by atoms with Gasteiger partial charge in [0.05, 0.1) is 5.52 Å². The van der Waals surface area contributed by atoms with E-state index in [1.165, 1.54) is 35.7 Å². The second kappa shape index (κ2) is 2.63. The predicted molar refractivity (Wildman–Crippen MR) is 59.7 cm³/mol. The zero-order valence-electron chi connectivity index (χ0n) is 8.80. The van der Waals surface area contributed by atoms with E-state index < -0.39 is 0 Å². The molecule has 72 valence electrons. The minimum atomic E-state index is 1.26. The molecule has 1 nitrogen and oxygen atoms in total. The summed E-state index contributed by atoms with van der Waals surface area (Å²) in [6, 6.07) is 6.65. The van der Waals surface area contributed by atoms with Crippen LogP contribution < -0.4 is 0 Å². The molecule has 1 aromatic heterocycles. The number of aromatic nitrogens is 1. The molecule has 0 unspecified atom stereocenters. The van der Waals surface area contributed by atoms with Crippen molar-refractivity contribution in [1.82, 2.24) is 4.57 Å². The zero-order valence-corrected chi connectivity index (χ0v) is 8.80. The lowest BCUT2D eigenvalue weighted by Gasteiger charge is -2.03. The number of hydrogen-bond acceptors (Lipinski definition) is 0. The summed E-state index contributed by atoms with van der Waals surface area (Å²) in [6.45, 7) is 2.21. The van der Waals surface area contributed by atoms with Gasteiger partial charge in [0.15, 0.2) is 0 Å². The van der Waals surface area contributed by atoms with Crippen molar-refractivity contribution in [3.05, 3.63) is 35.0 Å². The molecule has 0 amide bonds. The zero-order chi connectivity index (χ0) is 9.71. The van der Waals surface area contributed by atoms with Gasteiger partial charge in [-0.2, -0.15) is 0 Å². The van der Waals surface area contributed by atoms with Gasteiger partial charge in [-0.1, -0.05) is 18.2 Å². The van der Waals surface area contributed by atoms with Crippen LogP contribution in [0, 0.1) is 6.92 Å². The molecule has 1 aromatic carbocycles. The lowest BCUT2D eigenvalue weighted by Crippen LogP contribution is -1.94.